The summed E-state index contributed by atoms with van der Waals surface area (Å²) in [5, 5.41) is 11.3. The van der Waals surface area contributed by atoms with E-state index in [1.54, 1.807) is 26.2 Å². The first kappa shape index (κ1) is 15.3. The fourth-order valence-electron chi connectivity index (χ4n) is 2.74. The molecule has 6 heteroatoms. The summed E-state index contributed by atoms with van der Waals surface area (Å²) in [6, 6.07) is 4.76. The number of benzene rings is 1. The predicted molar refractivity (Wildman–Crippen MR) is 81.7 cm³/mol. The van der Waals surface area contributed by atoms with Crippen molar-refractivity contribution in [2.24, 2.45) is 5.92 Å². The topological polar surface area (TPSA) is 66.7 Å². The largest absolute Gasteiger partial charge is 0.366 e. The number of anilines is 1. The Morgan fingerprint density at radius 1 is 1.43 bits per heavy atom. The maximum Gasteiger partial charge on any atom is 0.293 e. The van der Waals surface area contributed by atoms with E-state index in [4.69, 9.17) is 0 Å². The molecule has 0 aliphatic carbocycles. The summed E-state index contributed by atoms with van der Waals surface area (Å²) in [7, 11) is 3.27. The second kappa shape index (κ2) is 6.11. The number of nitrogens with zero attached hydrogens (tertiary/aromatic N) is 3. The van der Waals surface area contributed by atoms with Crippen molar-refractivity contribution in [2.45, 2.75) is 19.8 Å². The second-order valence-corrected chi connectivity index (χ2v) is 5.85. The molecular formula is C15H21N3O3. The molecule has 1 amide bonds. The molecule has 2 rings (SSSR count). The van der Waals surface area contributed by atoms with Crippen molar-refractivity contribution in [3.05, 3.63) is 33.9 Å². The molecule has 1 saturated heterocycles. The van der Waals surface area contributed by atoms with E-state index in [2.05, 4.69) is 11.8 Å². The van der Waals surface area contributed by atoms with Crippen LogP contribution in [-0.2, 0) is 0 Å². The molecule has 1 fully saturated rings. The van der Waals surface area contributed by atoms with Crippen molar-refractivity contribution in [2.75, 3.05) is 32.1 Å². The summed E-state index contributed by atoms with van der Waals surface area (Å²) in [6.07, 6.45) is 2.19. The summed E-state index contributed by atoms with van der Waals surface area (Å²) in [5.74, 6) is 0.304. The zero-order valence-corrected chi connectivity index (χ0v) is 12.7. The van der Waals surface area contributed by atoms with E-state index in [0.717, 1.165) is 25.9 Å². The van der Waals surface area contributed by atoms with Crippen molar-refractivity contribution in [1.29, 1.82) is 0 Å². The van der Waals surface area contributed by atoms with Gasteiger partial charge in [0.15, 0.2) is 0 Å². The van der Waals surface area contributed by atoms with Gasteiger partial charge in [0.2, 0.25) is 0 Å². The third-order valence-electron chi connectivity index (χ3n) is 3.82. The van der Waals surface area contributed by atoms with Crippen molar-refractivity contribution < 1.29 is 9.72 Å². The summed E-state index contributed by atoms with van der Waals surface area (Å²) in [5.41, 5.74) is 0.971. The number of hydrogen-bond donors (Lipinski definition) is 0. The molecule has 1 aromatic carbocycles. The molecule has 0 unspecified atom stereocenters. The van der Waals surface area contributed by atoms with Crippen LogP contribution in [0.2, 0.25) is 0 Å². The first-order chi connectivity index (χ1) is 9.90. The molecule has 0 aromatic heterocycles. The molecule has 0 radical (unpaired) electrons. The number of carbonyl (C=O) groups is 1. The fourth-order valence-corrected chi connectivity index (χ4v) is 2.74. The highest BCUT2D eigenvalue weighted by Gasteiger charge is 2.25. The van der Waals surface area contributed by atoms with Gasteiger partial charge in [0.25, 0.3) is 11.6 Å². The van der Waals surface area contributed by atoms with Crippen LogP contribution in [0.3, 0.4) is 0 Å². The molecule has 0 N–H and O–H groups in total. The minimum atomic E-state index is -0.402. The summed E-state index contributed by atoms with van der Waals surface area (Å²) in [6.45, 7) is 3.80. The van der Waals surface area contributed by atoms with Gasteiger partial charge in [-0.05, 0) is 30.9 Å². The minimum absolute atomic E-state index is 0.0109. The monoisotopic (exact) mass is 291 g/mol. The van der Waals surface area contributed by atoms with Gasteiger partial charge in [-0.25, -0.2) is 0 Å². The highest BCUT2D eigenvalue weighted by Crippen LogP contribution is 2.32. The maximum absolute atomic E-state index is 11.9. The molecule has 0 bridgehead atoms. The standard InChI is InChI=1S/C15H21N3O3/c1-11-5-4-8-17(10-11)13-7-6-12(15(19)16(2)3)9-14(13)18(20)21/h6-7,9,11H,4-5,8,10H2,1-3H3/t11-/m0/s1. The second-order valence-electron chi connectivity index (χ2n) is 5.85. The van der Waals surface area contributed by atoms with Crippen LogP contribution in [0, 0.1) is 16.0 Å². The Kier molecular flexibility index (Phi) is 4.45. The van der Waals surface area contributed by atoms with Crippen molar-refractivity contribution >= 4 is 17.3 Å². The first-order valence-corrected chi connectivity index (χ1v) is 7.15. The van der Waals surface area contributed by atoms with E-state index in [1.807, 2.05) is 0 Å². The molecule has 6 nitrogen and oxygen atoms in total. The Balaban J connectivity index is 2.38. The van der Waals surface area contributed by atoms with Crippen molar-refractivity contribution in [3.63, 3.8) is 0 Å². The SMILES string of the molecule is C[C@H]1CCCN(c2ccc(C(=O)N(C)C)cc2[N+](=O)[O-])C1. The van der Waals surface area contributed by atoms with Gasteiger partial charge in [-0.1, -0.05) is 6.92 Å². The smallest absolute Gasteiger partial charge is 0.293 e. The highest BCUT2D eigenvalue weighted by molar-refractivity contribution is 5.95. The Bertz CT molecular complexity index is 557. The first-order valence-electron chi connectivity index (χ1n) is 7.15. The number of amides is 1. The van der Waals surface area contributed by atoms with Crippen LogP contribution < -0.4 is 4.90 Å². The third-order valence-corrected chi connectivity index (χ3v) is 3.82. The van der Waals surface area contributed by atoms with E-state index in [-0.39, 0.29) is 11.6 Å². The lowest BCUT2D eigenvalue weighted by Gasteiger charge is -2.32. The van der Waals surface area contributed by atoms with E-state index in [9.17, 15) is 14.9 Å². The van der Waals surface area contributed by atoms with Crippen LogP contribution in [0.25, 0.3) is 0 Å². The van der Waals surface area contributed by atoms with E-state index in [0.29, 0.717) is 17.2 Å². The zero-order valence-electron chi connectivity index (χ0n) is 12.7. The average molecular weight is 291 g/mol. The average Bonchev–Trinajstić information content (AvgIpc) is 2.45. The zero-order chi connectivity index (χ0) is 15.6. The normalized spacial score (nSPS) is 18.4. The number of carbonyl (C=O) groups excluding carboxylic acids is 1. The lowest BCUT2D eigenvalue weighted by Crippen LogP contribution is -2.34. The lowest BCUT2D eigenvalue weighted by molar-refractivity contribution is -0.384. The van der Waals surface area contributed by atoms with Gasteiger partial charge in [-0.15, -0.1) is 0 Å². The predicted octanol–water partition coefficient (Wildman–Crippen LogP) is 2.53. The summed E-state index contributed by atoms with van der Waals surface area (Å²) in [4.78, 5) is 26.4. The quantitative estimate of drug-likeness (QED) is 0.634. The van der Waals surface area contributed by atoms with Crippen LogP contribution in [0.5, 0.6) is 0 Å². The van der Waals surface area contributed by atoms with Gasteiger partial charge < -0.3 is 9.80 Å². The van der Waals surface area contributed by atoms with Gasteiger partial charge in [-0.3, -0.25) is 14.9 Å². The molecule has 1 aliphatic rings. The third kappa shape index (κ3) is 3.32. The number of rotatable bonds is 3. The van der Waals surface area contributed by atoms with Crippen LogP contribution in [0.15, 0.2) is 18.2 Å². The molecule has 0 saturated carbocycles. The van der Waals surface area contributed by atoms with Gasteiger partial charge in [-0.2, -0.15) is 0 Å². The Labute approximate surface area is 124 Å². The maximum atomic E-state index is 11.9. The number of piperidine rings is 1. The fraction of sp³-hybridized carbons (Fsp3) is 0.533. The molecule has 0 spiro atoms. The molecule has 1 aliphatic heterocycles. The van der Waals surface area contributed by atoms with Gasteiger partial charge in [0, 0.05) is 38.8 Å². The summed E-state index contributed by atoms with van der Waals surface area (Å²) >= 11 is 0. The van der Waals surface area contributed by atoms with E-state index < -0.39 is 4.92 Å². The van der Waals surface area contributed by atoms with E-state index >= 15 is 0 Å². The van der Waals surface area contributed by atoms with Crippen LogP contribution in [-0.4, -0.2) is 42.9 Å². The van der Waals surface area contributed by atoms with Gasteiger partial charge in [0.05, 0.1) is 4.92 Å². The van der Waals surface area contributed by atoms with Crippen molar-refractivity contribution in [3.8, 4) is 0 Å². The Morgan fingerprint density at radius 3 is 2.71 bits per heavy atom. The Morgan fingerprint density at radius 2 is 2.14 bits per heavy atom. The number of nitro groups is 1. The number of hydrogen-bond acceptors (Lipinski definition) is 4. The molecule has 114 valence electrons. The van der Waals surface area contributed by atoms with Gasteiger partial charge >= 0.3 is 0 Å². The highest BCUT2D eigenvalue weighted by atomic mass is 16.6. The lowest BCUT2D eigenvalue weighted by atomic mass is 9.99. The minimum Gasteiger partial charge on any atom is -0.366 e. The van der Waals surface area contributed by atoms with Crippen LogP contribution in [0.1, 0.15) is 30.1 Å². The molecule has 1 aromatic rings. The molecule has 1 heterocycles. The number of nitro benzene ring substituents is 1. The summed E-state index contributed by atoms with van der Waals surface area (Å²) < 4.78 is 0. The van der Waals surface area contributed by atoms with Crippen LogP contribution >= 0.6 is 0 Å². The molecular weight excluding hydrogens is 270 g/mol. The van der Waals surface area contributed by atoms with Crippen molar-refractivity contribution in [1.82, 2.24) is 4.90 Å². The van der Waals surface area contributed by atoms with Gasteiger partial charge in [0.1, 0.15) is 5.69 Å². The van der Waals surface area contributed by atoms with Crippen LogP contribution in [0.4, 0.5) is 11.4 Å². The molecule has 21 heavy (non-hydrogen) atoms. The molecule has 1 atom stereocenters. The Hall–Kier alpha value is -2.11. The van der Waals surface area contributed by atoms with E-state index in [1.165, 1.54) is 11.0 Å².